The van der Waals surface area contributed by atoms with Gasteiger partial charge in [-0.1, -0.05) is 36.4 Å². The predicted molar refractivity (Wildman–Crippen MR) is 125 cm³/mol. The van der Waals surface area contributed by atoms with Gasteiger partial charge < -0.3 is 15.5 Å². The summed E-state index contributed by atoms with van der Waals surface area (Å²) in [4.78, 5) is 18.6. The molecule has 2 N–H and O–H groups in total. The van der Waals surface area contributed by atoms with E-state index in [9.17, 15) is 9.18 Å². The molecule has 1 amide bonds. The van der Waals surface area contributed by atoms with E-state index in [2.05, 4.69) is 33.8 Å². The van der Waals surface area contributed by atoms with Gasteiger partial charge in [0.2, 0.25) is 5.91 Å². The second-order valence-corrected chi connectivity index (χ2v) is 6.92. The van der Waals surface area contributed by atoms with E-state index in [1.165, 1.54) is 23.3 Å². The first-order valence-electron chi connectivity index (χ1n) is 9.69. The molecule has 29 heavy (non-hydrogen) atoms. The maximum Gasteiger partial charge on any atom is 0.222 e. The lowest BCUT2D eigenvalue weighted by Gasteiger charge is -2.29. The Morgan fingerprint density at radius 3 is 2.55 bits per heavy atom. The standard InChI is InChI=1S/C22H27FN4O.HI/c1-24-22(26-15-17-8-10-20(23)11-9-17)25-13-4-7-21(28)27-14-12-18-5-2-3-6-19(18)16-27;/h2-3,5-6,8-11H,4,7,12-16H2,1H3,(H2,24,25,26);1H. The Morgan fingerprint density at radius 2 is 1.83 bits per heavy atom. The van der Waals surface area contributed by atoms with Crippen molar-refractivity contribution in [2.45, 2.75) is 32.4 Å². The van der Waals surface area contributed by atoms with Gasteiger partial charge in [0, 0.05) is 39.6 Å². The van der Waals surface area contributed by atoms with Gasteiger partial charge in [0.05, 0.1) is 0 Å². The van der Waals surface area contributed by atoms with Crippen LogP contribution in [0, 0.1) is 5.82 Å². The molecule has 0 saturated carbocycles. The van der Waals surface area contributed by atoms with Crippen LogP contribution in [0.3, 0.4) is 0 Å². The SMILES string of the molecule is CN=C(NCCCC(=O)N1CCc2ccccc2C1)NCc1ccc(F)cc1.I. The van der Waals surface area contributed by atoms with Crippen LogP contribution in [0.4, 0.5) is 4.39 Å². The molecular weight excluding hydrogens is 482 g/mol. The van der Waals surface area contributed by atoms with Crippen molar-refractivity contribution < 1.29 is 9.18 Å². The second kappa shape index (κ2) is 11.7. The molecule has 0 aromatic heterocycles. The molecule has 0 bridgehead atoms. The van der Waals surface area contributed by atoms with Crippen molar-refractivity contribution in [1.82, 2.24) is 15.5 Å². The van der Waals surface area contributed by atoms with Crippen LogP contribution in [0.25, 0.3) is 0 Å². The lowest BCUT2D eigenvalue weighted by molar-refractivity contribution is -0.132. The second-order valence-electron chi connectivity index (χ2n) is 6.92. The van der Waals surface area contributed by atoms with E-state index in [0.717, 1.165) is 24.9 Å². The van der Waals surface area contributed by atoms with E-state index in [1.807, 2.05) is 11.0 Å². The molecule has 0 radical (unpaired) electrons. The number of rotatable bonds is 6. The number of halogens is 2. The van der Waals surface area contributed by atoms with Gasteiger partial charge in [-0.25, -0.2) is 4.39 Å². The molecule has 1 aliphatic heterocycles. The summed E-state index contributed by atoms with van der Waals surface area (Å²) < 4.78 is 12.9. The number of guanidine groups is 1. The minimum absolute atomic E-state index is 0. The maximum absolute atomic E-state index is 12.9. The first-order valence-corrected chi connectivity index (χ1v) is 9.69. The molecule has 0 aliphatic carbocycles. The van der Waals surface area contributed by atoms with E-state index in [4.69, 9.17) is 0 Å². The molecule has 7 heteroatoms. The first-order chi connectivity index (χ1) is 13.7. The number of amides is 1. The molecule has 1 heterocycles. The lowest BCUT2D eigenvalue weighted by Crippen LogP contribution is -2.38. The van der Waals surface area contributed by atoms with Crippen LogP contribution < -0.4 is 10.6 Å². The number of hydrogen-bond acceptors (Lipinski definition) is 2. The Balaban J connectivity index is 0.00000300. The molecule has 1 aliphatic rings. The first kappa shape index (κ1) is 23.1. The topological polar surface area (TPSA) is 56.7 Å². The van der Waals surface area contributed by atoms with Gasteiger partial charge in [-0.2, -0.15) is 0 Å². The van der Waals surface area contributed by atoms with E-state index in [-0.39, 0.29) is 35.7 Å². The molecule has 3 rings (SSSR count). The predicted octanol–water partition coefficient (Wildman–Crippen LogP) is 3.47. The average molecular weight is 510 g/mol. The molecule has 2 aromatic rings. The number of nitrogens with zero attached hydrogens (tertiary/aromatic N) is 2. The van der Waals surface area contributed by atoms with Crippen molar-refractivity contribution in [3.8, 4) is 0 Å². The van der Waals surface area contributed by atoms with Gasteiger partial charge in [0.15, 0.2) is 5.96 Å². The molecule has 2 aromatic carbocycles. The normalized spacial score (nSPS) is 13.3. The van der Waals surface area contributed by atoms with Crippen LogP contribution in [0.15, 0.2) is 53.5 Å². The van der Waals surface area contributed by atoms with Gasteiger partial charge in [-0.15, -0.1) is 24.0 Å². The summed E-state index contributed by atoms with van der Waals surface area (Å²) in [6.07, 6.45) is 2.19. The van der Waals surface area contributed by atoms with E-state index >= 15 is 0 Å². The highest BCUT2D eigenvalue weighted by atomic mass is 127. The molecule has 0 saturated heterocycles. The third kappa shape index (κ3) is 6.99. The van der Waals surface area contributed by atoms with Crippen LogP contribution in [-0.2, 0) is 24.3 Å². The van der Waals surface area contributed by atoms with Crippen LogP contribution in [0.1, 0.15) is 29.5 Å². The van der Waals surface area contributed by atoms with Crippen LogP contribution in [0.5, 0.6) is 0 Å². The zero-order valence-electron chi connectivity index (χ0n) is 16.7. The van der Waals surface area contributed by atoms with Crippen molar-refractivity contribution in [2.75, 3.05) is 20.1 Å². The molecule has 156 valence electrons. The number of fused-ring (bicyclic) bond motifs is 1. The molecule has 0 spiro atoms. The van der Waals surface area contributed by atoms with Crippen molar-refractivity contribution in [3.63, 3.8) is 0 Å². The van der Waals surface area contributed by atoms with Crippen LogP contribution in [-0.4, -0.2) is 36.9 Å². The fourth-order valence-electron chi connectivity index (χ4n) is 3.32. The van der Waals surface area contributed by atoms with Gasteiger partial charge in [0.25, 0.3) is 0 Å². The zero-order valence-corrected chi connectivity index (χ0v) is 19.0. The number of aliphatic imine (C=N–C) groups is 1. The Labute approximate surface area is 188 Å². The van der Waals surface area contributed by atoms with Gasteiger partial charge in [-0.05, 0) is 41.7 Å². The summed E-state index contributed by atoms with van der Waals surface area (Å²) >= 11 is 0. The smallest absolute Gasteiger partial charge is 0.222 e. The summed E-state index contributed by atoms with van der Waals surface area (Å²) in [6, 6.07) is 14.7. The highest BCUT2D eigenvalue weighted by Crippen LogP contribution is 2.19. The van der Waals surface area contributed by atoms with Crippen molar-refractivity contribution >= 4 is 35.8 Å². The van der Waals surface area contributed by atoms with Crippen LogP contribution in [0.2, 0.25) is 0 Å². The van der Waals surface area contributed by atoms with Crippen molar-refractivity contribution in [2.24, 2.45) is 4.99 Å². The molecular formula is C22H28FIN4O. The summed E-state index contributed by atoms with van der Waals surface area (Å²) in [5.41, 5.74) is 3.58. The van der Waals surface area contributed by atoms with Crippen molar-refractivity contribution in [3.05, 3.63) is 71.0 Å². The van der Waals surface area contributed by atoms with E-state index in [1.54, 1.807) is 19.2 Å². The number of hydrogen-bond donors (Lipinski definition) is 2. The lowest BCUT2D eigenvalue weighted by atomic mass is 9.99. The fourth-order valence-corrected chi connectivity index (χ4v) is 3.32. The Morgan fingerprint density at radius 1 is 1.10 bits per heavy atom. The minimum atomic E-state index is -0.242. The highest BCUT2D eigenvalue weighted by Gasteiger charge is 2.19. The van der Waals surface area contributed by atoms with E-state index < -0.39 is 0 Å². The zero-order chi connectivity index (χ0) is 19.8. The summed E-state index contributed by atoms with van der Waals surface area (Å²) in [5.74, 6) is 0.627. The summed E-state index contributed by atoms with van der Waals surface area (Å²) in [7, 11) is 1.70. The summed E-state index contributed by atoms with van der Waals surface area (Å²) in [5, 5.41) is 6.41. The Kier molecular flexibility index (Phi) is 9.37. The van der Waals surface area contributed by atoms with Gasteiger partial charge in [-0.3, -0.25) is 9.79 Å². The highest BCUT2D eigenvalue weighted by molar-refractivity contribution is 14.0. The largest absolute Gasteiger partial charge is 0.356 e. The number of nitrogens with one attached hydrogen (secondary N) is 2. The van der Waals surface area contributed by atoms with Crippen LogP contribution >= 0.6 is 24.0 Å². The maximum atomic E-state index is 12.9. The third-order valence-electron chi connectivity index (χ3n) is 4.94. The van der Waals surface area contributed by atoms with Gasteiger partial charge >= 0.3 is 0 Å². The quantitative estimate of drug-likeness (QED) is 0.271. The fraction of sp³-hybridized carbons (Fsp3) is 0.364. The number of carbonyl (C=O) groups excluding carboxylic acids is 1. The Hall–Kier alpha value is -2.16. The monoisotopic (exact) mass is 510 g/mol. The summed E-state index contributed by atoms with van der Waals surface area (Å²) in [6.45, 7) is 2.73. The molecule has 0 fully saturated rings. The van der Waals surface area contributed by atoms with Gasteiger partial charge in [0.1, 0.15) is 5.82 Å². The van der Waals surface area contributed by atoms with E-state index in [0.29, 0.717) is 32.0 Å². The third-order valence-corrected chi connectivity index (χ3v) is 4.94. The molecule has 5 nitrogen and oxygen atoms in total. The Bertz CT molecular complexity index is 826. The molecule has 0 unspecified atom stereocenters. The van der Waals surface area contributed by atoms with Crippen molar-refractivity contribution in [1.29, 1.82) is 0 Å². The minimum Gasteiger partial charge on any atom is -0.356 e. The average Bonchev–Trinajstić information content (AvgIpc) is 2.74. The molecule has 0 atom stereocenters. The number of benzene rings is 2. The number of carbonyl (C=O) groups is 1.